The fourth-order valence-electron chi connectivity index (χ4n) is 2.90. The van der Waals surface area contributed by atoms with Crippen molar-refractivity contribution < 1.29 is 0 Å². The summed E-state index contributed by atoms with van der Waals surface area (Å²) in [5, 5.41) is 3.66. The van der Waals surface area contributed by atoms with Gasteiger partial charge in [0.2, 0.25) is 0 Å². The Morgan fingerprint density at radius 2 is 2.10 bits per heavy atom. The fraction of sp³-hybridized carbons (Fsp3) is 0.667. The Kier molecular flexibility index (Phi) is 5.13. The van der Waals surface area contributed by atoms with Crippen LogP contribution in [-0.4, -0.2) is 35.1 Å². The van der Waals surface area contributed by atoms with E-state index in [1.165, 1.54) is 38.6 Å². The molecule has 0 aromatic carbocycles. The van der Waals surface area contributed by atoms with Crippen molar-refractivity contribution in [3.05, 3.63) is 26.9 Å². The van der Waals surface area contributed by atoms with E-state index in [0.717, 1.165) is 33.8 Å². The van der Waals surface area contributed by atoms with Crippen molar-refractivity contribution in [1.82, 2.24) is 15.2 Å². The predicted molar refractivity (Wildman–Crippen MR) is 88.7 cm³/mol. The second-order valence-electron chi connectivity index (χ2n) is 5.89. The van der Waals surface area contributed by atoms with Gasteiger partial charge >= 0.3 is 0 Å². The van der Waals surface area contributed by atoms with Gasteiger partial charge in [-0.05, 0) is 70.2 Å². The van der Waals surface area contributed by atoms with Gasteiger partial charge in [0.1, 0.15) is 0 Å². The molecule has 2 aliphatic rings. The van der Waals surface area contributed by atoms with Crippen molar-refractivity contribution in [1.29, 1.82) is 0 Å². The third-order valence-corrected chi connectivity index (χ3v) is 5.29. The van der Waals surface area contributed by atoms with E-state index in [1.807, 2.05) is 6.20 Å². The van der Waals surface area contributed by atoms with Gasteiger partial charge in [-0.25, -0.2) is 0 Å². The van der Waals surface area contributed by atoms with E-state index in [9.17, 15) is 0 Å². The molecule has 1 N–H and O–H groups in total. The lowest BCUT2D eigenvalue weighted by molar-refractivity contribution is 0.206. The van der Waals surface area contributed by atoms with Crippen molar-refractivity contribution in [2.24, 2.45) is 0 Å². The van der Waals surface area contributed by atoms with Crippen molar-refractivity contribution in [2.45, 2.75) is 50.7 Å². The van der Waals surface area contributed by atoms with Crippen LogP contribution in [0, 0.1) is 0 Å². The number of aromatic nitrogens is 1. The average Bonchev–Trinajstić information content (AvgIpc) is 3.26. The van der Waals surface area contributed by atoms with E-state index in [1.54, 1.807) is 0 Å². The Bertz CT molecular complexity index is 456. The summed E-state index contributed by atoms with van der Waals surface area (Å²) in [6.07, 6.45) is 8.61. The van der Waals surface area contributed by atoms with E-state index in [-0.39, 0.29) is 0 Å². The first-order valence-corrected chi connectivity index (χ1v) is 9.08. The van der Waals surface area contributed by atoms with Crippen LogP contribution < -0.4 is 5.32 Å². The summed E-state index contributed by atoms with van der Waals surface area (Å²) in [7, 11) is 0. The minimum absolute atomic E-state index is 0.665. The summed E-state index contributed by atoms with van der Waals surface area (Å²) in [6.45, 7) is 3.30. The average molecular weight is 403 g/mol. The first kappa shape index (κ1) is 14.9. The number of nitrogens with one attached hydrogen (secondary N) is 1. The molecule has 1 aliphatic heterocycles. The molecule has 1 aromatic heterocycles. The van der Waals surface area contributed by atoms with Crippen LogP contribution in [0.1, 0.15) is 37.8 Å². The number of hydrogen-bond acceptors (Lipinski definition) is 3. The molecule has 110 valence electrons. The second-order valence-corrected chi connectivity index (χ2v) is 7.66. The summed E-state index contributed by atoms with van der Waals surface area (Å²) in [4.78, 5) is 7.18. The van der Waals surface area contributed by atoms with Gasteiger partial charge in [0.05, 0.1) is 5.69 Å². The molecular weight excluding hydrogens is 382 g/mol. The van der Waals surface area contributed by atoms with Crippen molar-refractivity contribution in [2.75, 3.05) is 13.1 Å². The maximum absolute atomic E-state index is 4.57. The zero-order chi connectivity index (χ0) is 13.9. The van der Waals surface area contributed by atoms with Crippen LogP contribution in [0.15, 0.2) is 21.2 Å². The maximum atomic E-state index is 4.57. The van der Waals surface area contributed by atoms with Gasteiger partial charge in [-0.2, -0.15) is 0 Å². The van der Waals surface area contributed by atoms with Crippen molar-refractivity contribution >= 4 is 31.9 Å². The quantitative estimate of drug-likeness (QED) is 0.813. The van der Waals surface area contributed by atoms with Crippen LogP contribution in [0.25, 0.3) is 0 Å². The molecule has 1 unspecified atom stereocenters. The summed E-state index contributed by atoms with van der Waals surface area (Å²) in [5.41, 5.74) is 1.15. The number of halogens is 2. The van der Waals surface area contributed by atoms with Crippen molar-refractivity contribution in [3.8, 4) is 0 Å². The fourth-order valence-corrected chi connectivity index (χ4v) is 4.01. The first-order chi connectivity index (χ1) is 9.72. The number of pyridine rings is 1. The SMILES string of the molecule is Brc1cnc(CN(CC2CCCCN2)C2CC2)c(Br)c1. The van der Waals surface area contributed by atoms with Crippen LogP contribution in [0.2, 0.25) is 0 Å². The summed E-state index contributed by atoms with van der Waals surface area (Å²) in [5.74, 6) is 0. The summed E-state index contributed by atoms with van der Waals surface area (Å²) >= 11 is 7.10. The molecule has 3 nitrogen and oxygen atoms in total. The highest BCUT2D eigenvalue weighted by molar-refractivity contribution is 9.11. The predicted octanol–water partition coefficient (Wildman–Crippen LogP) is 3.71. The number of hydrogen-bond donors (Lipinski definition) is 1. The van der Waals surface area contributed by atoms with Gasteiger partial charge in [0, 0.05) is 40.3 Å². The molecular formula is C15H21Br2N3. The third kappa shape index (κ3) is 4.03. The molecule has 3 rings (SSSR count). The number of rotatable bonds is 5. The van der Waals surface area contributed by atoms with Crippen LogP contribution >= 0.6 is 31.9 Å². The zero-order valence-corrected chi connectivity index (χ0v) is 14.8. The summed E-state index contributed by atoms with van der Waals surface area (Å²) in [6, 6.07) is 3.53. The molecule has 2 heterocycles. The highest BCUT2D eigenvalue weighted by Crippen LogP contribution is 2.30. The van der Waals surface area contributed by atoms with Gasteiger partial charge in [0.25, 0.3) is 0 Å². The Morgan fingerprint density at radius 1 is 1.25 bits per heavy atom. The van der Waals surface area contributed by atoms with Gasteiger partial charge in [-0.1, -0.05) is 6.42 Å². The molecule has 0 bridgehead atoms. The van der Waals surface area contributed by atoms with E-state index in [0.29, 0.717) is 6.04 Å². The van der Waals surface area contributed by atoms with E-state index < -0.39 is 0 Å². The standard InChI is InChI=1S/C15H21Br2N3/c16-11-7-14(17)15(19-8-11)10-20(13-4-5-13)9-12-3-1-2-6-18-12/h7-8,12-13,18H,1-6,9-10H2. The number of nitrogens with zero attached hydrogens (tertiary/aromatic N) is 2. The topological polar surface area (TPSA) is 28.2 Å². The van der Waals surface area contributed by atoms with E-state index in [4.69, 9.17) is 0 Å². The lowest BCUT2D eigenvalue weighted by Gasteiger charge is -2.30. The Labute approximate surface area is 137 Å². The molecule has 5 heteroatoms. The Morgan fingerprint density at radius 3 is 2.75 bits per heavy atom. The molecule has 0 amide bonds. The van der Waals surface area contributed by atoms with E-state index >= 15 is 0 Å². The van der Waals surface area contributed by atoms with Gasteiger partial charge < -0.3 is 5.32 Å². The van der Waals surface area contributed by atoms with Crippen molar-refractivity contribution in [3.63, 3.8) is 0 Å². The highest BCUT2D eigenvalue weighted by Gasteiger charge is 2.31. The van der Waals surface area contributed by atoms with Crippen LogP contribution in [0.4, 0.5) is 0 Å². The van der Waals surface area contributed by atoms with Crippen LogP contribution in [-0.2, 0) is 6.54 Å². The van der Waals surface area contributed by atoms with Crippen LogP contribution in [0.5, 0.6) is 0 Å². The van der Waals surface area contributed by atoms with E-state index in [2.05, 4.69) is 53.1 Å². The Hall–Kier alpha value is 0.0300. The van der Waals surface area contributed by atoms with Gasteiger partial charge in [-0.3, -0.25) is 9.88 Å². The third-order valence-electron chi connectivity index (χ3n) is 4.17. The Balaban J connectivity index is 1.64. The highest BCUT2D eigenvalue weighted by atomic mass is 79.9. The number of piperidine rings is 1. The molecule has 0 spiro atoms. The molecule has 1 saturated heterocycles. The normalized spacial score (nSPS) is 23.2. The zero-order valence-electron chi connectivity index (χ0n) is 11.6. The molecule has 1 aliphatic carbocycles. The van der Waals surface area contributed by atoms with Gasteiger partial charge in [0.15, 0.2) is 0 Å². The lowest BCUT2D eigenvalue weighted by Crippen LogP contribution is -2.44. The molecule has 20 heavy (non-hydrogen) atoms. The molecule has 1 aromatic rings. The molecule has 1 atom stereocenters. The molecule has 1 saturated carbocycles. The monoisotopic (exact) mass is 401 g/mol. The molecule has 2 fully saturated rings. The molecule has 0 radical (unpaired) electrons. The first-order valence-electron chi connectivity index (χ1n) is 7.50. The summed E-state index contributed by atoms with van der Waals surface area (Å²) < 4.78 is 2.13. The minimum atomic E-state index is 0.665. The smallest absolute Gasteiger partial charge is 0.0686 e. The van der Waals surface area contributed by atoms with Crippen LogP contribution in [0.3, 0.4) is 0 Å². The minimum Gasteiger partial charge on any atom is -0.313 e. The van der Waals surface area contributed by atoms with Gasteiger partial charge in [-0.15, -0.1) is 0 Å². The lowest BCUT2D eigenvalue weighted by atomic mass is 10.0. The second kappa shape index (κ2) is 6.86. The largest absolute Gasteiger partial charge is 0.313 e. The maximum Gasteiger partial charge on any atom is 0.0686 e.